The number of rotatable bonds is 6. The first-order chi connectivity index (χ1) is 9.72. The van der Waals surface area contributed by atoms with E-state index in [4.69, 9.17) is 10.5 Å². The fourth-order valence-corrected chi connectivity index (χ4v) is 3.92. The topological polar surface area (TPSA) is 98.5 Å². The van der Waals surface area contributed by atoms with E-state index in [-0.39, 0.29) is 18.0 Å². The van der Waals surface area contributed by atoms with Gasteiger partial charge in [0.1, 0.15) is 6.04 Å². The Hall–Kier alpha value is -1.44. The first kappa shape index (κ1) is 17.6. The number of esters is 1. The third-order valence-electron chi connectivity index (χ3n) is 2.98. The van der Waals surface area contributed by atoms with Gasteiger partial charge in [-0.15, -0.1) is 0 Å². The molecule has 0 aliphatic rings. The highest BCUT2D eigenvalue weighted by atomic mass is 32.2. The Morgan fingerprint density at radius 3 is 2.24 bits per heavy atom. The van der Waals surface area contributed by atoms with Gasteiger partial charge in [0, 0.05) is 6.54 Å². The Labute approximate surface area is 125 Å². The fraction of sp³-hybridized carbons (Fsp3) is 0.500. The van der Waals surface area contributed by atoms with E-state index >= 15 is 0 Å². The highest BCUT2D eigenvalue weighted by Crippen LogP contribution is 2.21. The predicted molar refractivity (Wildman–Crippen MR) is 80.4 cm³/mol. The minimum absolute atomic E-state index is 0.165. The van der Waals surface area contributed by atoms with E-state index in [1.165, 1.54) is 0 Å². The molecule has 118 valence electrons. The van der Waals surface area contributed by atoms with Crippen molar-refractivity contribution in [2.75, 3.05) is 13.2 Å². The minimum Gasteiger partial charge on any atom is -0.465 e. The van der Waals surface area contributed by atoms with Crippen molar-refractivity contribution in [2.45, 2.75) is 38.6 Å². The molecule has 3 N–H and O–H groups in total. The van der Waals surface area contributed by atoms with Crippen molar-refractivity contribution in [3.63, 3.8) is 0 Å². The van der Waals surface area contributed by atoms with Gasteiger partial charge in [-0.25, -0.2) is 8.42 Å². The summed E-state index contributed by atoms with van der Waals surface area (Å²) in [5.41, 5.74) is 7.69. The summed E-state index contributed by atoms with van der Waals surface area (Å²) >= 11 is 0. The molecule has 0 aliphatic carbocycles. The van der Waals surface area contributed by atoms with E-state index in [2.05, 4.69) is 4.72 Å². The van der Waals surface area contributed by atoms with Crippen molar-refractivity contribution in [3.05, 3.63) is 28.8 Å². The van der Waals surface area contributed by atoms with E-state index in [0.717, 1.165) is 5.56 Å². The highest BCUT2D eigenvalue weighted by Gasteiger charge is 2.27. The molecule has 0 bridgehead atoms. The van der Waals surface area contributed by atoms with Crippen molar-refractivity contribution in [2.24, 2.45) is 5.73 Å². The van der Waals surface area contributed by atoms with Gasteiger partial charge in [-0.05, 0) is 38.8 Å². The maximum atomic E-state index is 12.5. The van der Waals surface area contributed by atoms with Crippen LogP contribution in [0.25, 0.3) is 0 Å². The first-order valence-electron chi connectivity index (χ1n) is 6.69. The molecule has 0 amide bonds. The molecule has 1 aromatic carbocycles. The molecule has 0 fully saturated rings. The van der Waals surface area contributed by atoms with Crippen LogP contribution in [0.1, 0.15) is 23.6 Å². The molecule has 21 heavy (non-hydrogen) atoms. The molecule has 0 saturated heterocycles. The number of benzene rings is 1. The van der Waals surface area contributed by atoms with E-state index in [1.54, 1.807) is 32.9 Å². The molecule has 6 nitrogen and oxygen atoms in total. The molecule has 1 unspecified atom stereocenters. The van der Waals surface area contributed by atoms with E-state index in [1.807, 2.05) is 6.92 Å². The quantitative estimate of drug-likeness (QED) is 0.756. The van der Waals surface area contributed by atoms with E-state index < -0.39 is 22.0 Å². The van der Waals surface area contributed by atoms with Gasteiger partial charge in [0.2, 0.25) is 10.0 Å². The number of sulfonamides is 1. The first-order valence-corrected chi connectivity index (χ1v) is 8.18. The lowest BCUT2D eigenvalue weighted by Crippen LogP contribution is -2.46. The second-order valence-corrected chi connectivity index (χ2v) is 6.54. The number of ether oxygens (including phenoxy) is 1. The van der Waals surface area contributed by atoms with Crippen LogP contribution in [0.4, 0.5) is 0 Å². The monoisotopic (exact) mass is 314 g/mol. The molecule has 0 heterocycles. The molecule has 7 heteroatoms. The van der Waals surface area contributed by atoms with E-state index in [9.17, 15) is 13.2 Å². The van der Waals surface area contributed by atoms with Crippen LogP contribution < -0.4 is 10.5 Å². The maximum Gasteiger partial charge on any atom is 0.325 e. The summed E-state index contributed by atoms with van der Waals surface area (Å²) < 4.78 is 32.1. The Bertz CT molecular complexity index is 603. The van der Waals surface area contributed by atoms with Crippen LogP contribution in [0, 0.1) is 20.8 Å². The highest BCUT2D eigenvalue weighted by molar-refractivity contribution is 7.89. The number of nitrogens with one attached hydrogen (secondary N) is 1. The summed E-state index contributed by atoms with van der Waals surface area (Å²) in [5, 5.41) is 0. The average molecular weight is 314 g/mol. The molecular formula is C14H22N2O4S. The third kappa shape index (κ3) is 4.26. The van der Waals surface area contributed by atoms with Crippen molar-refractivity contribution in [1.82, 2.24) is 4.72 Å². The summed E-state index contributed by atoms with van der Waals surface area (Å²) in [5.74, 6) is -0.675. The van der Waals surface area contributed by atoms with Gasteiger partial charge < -0.3 is 10.5 Å². The summed E-state index contributed by atoms with van der Waals surface area (Å²) in [7, 11) is -3.84. The second kappa shape index (κ2) is 7.02. The van der Waals surface area contributed by atoms with Gasteiger partial charge in [-0.1, -0.05) is 17.7 Å². The summed E-state index contributed by atoms with van der Waals surface area (Å²) in [6.07, 6.45) is 0. The summed E-state index contributed by atoms with van der Waals surface area (Å²) in [4.78, 5) is 11.9. The Morgan fingerprint density at radius 1 is 1.29 bits per heavy atom. The molecule has 1 atom stereocenters. The van der Waals surface area contributed by atoms with Crippen molar-refractivity contribution < 1.29 is 17.9 Å². The predicted octanol–water partition coefficient (Wildman–Crippen LogP) is 0.781. The van der Waals surface area contributed by atoms with E-state index in [0.29, 0.717) is 11.1 Å². The standard InChI is InChI=1S/C14H22N2O4S/c1-5-20-14(17)12(8-15)16-21(18,19)13-10(3)6-9(2)7-11(13)4/h6-7,12,16H,5,8,15H2,1-4H3. The van der Waals surface area contributed by atoms with Crippen LogP contribution >= 0.6 is 0 Å². The normalized spacial score (nSPS) is 13.0. The van der Waals surface area contributed by atoms with Crippen LogP contribution in [0.15, 0.2) is 17.0 Å². The third-order valence-corrected chi connectivity index (χ3v) is 4.75. The number of carbonyl (C=O) groups is 1. The Morgan fingerprint density at radius 2 is 1.81 bits per heavy atom. The van der Waals surface area contributed by atoms with Crippen LogP contribution in [0.3, 0.4) is 0 Å². The minimum atomic E-state index is -3.84. The number of hydrogen-bond acceptors (Lipinski definition) is 5. The lowest BCUT2D eigenvalue weighted by atomic mass is 10.1. The second-order valence-electron chi connectivity index (χ2n) is 4.89. The Balaban J connectivity index is 3.15. The smallest absolute Gasteiger partial charge is 0.325 e. The number of nitrogens with two attached hydrogens (primary N) is 1. The van der Waals surface area contributed by atoms with Crippen LogP contribution in [0.5, 0.6) is 0 Å². The average Bonchev–Trinajstić information content (AvgIpc) is 2.34. The summed E-state index contributed by atoms with van der Waals surface area (Å²) in [6, 6.07) is 2.47. The zero-order valence-corrected chi connectivity index (χ0v) is 13.6. The van der Waals surface area contributed by atoms with Gasteiger partial charge in [0.25, 0.3) is 0 Å². The molecule has 1 aromatic rings. The number of hydrogen-bond donors (Lipinski definition) is 2. The van der Waals surface area contributed by atoms with Crippen molar-refractivity contribution >= 4 is 16.0 Å². The van der Waals surface area contributed by atoms with Gasteiger partial charge in [-0.3, -0.25) is 4.79 Å². The van der Waals surface area contributed by atoms with Gasteiger partial charge >= 0.3 is 5.97 Å². The molecule has 0 radical (unpaired) electrons. The molecular weight excluding hydrogens is 292 g/mol. The lowest BCUT2D eigenvalue weighted by molar-refractivity contribution is -0.144. The van der Waals surface area contributed by atoms with Gasteiger partial charge in [0.05, 0.1) is 11.5 Å². The van der Waals surface area contributed by atoms with Crippen molar-refractivity contribution in [1.29, 1.82) is 0 Å². The number of aryl methyl sites for hydroxylation is 3. The van der Waals surface area contributed by atoms with Crippen LogP contribution in [-0.4, -0.2) is 33.6 Å². The van der Waals surface area contributed by atoms with Gasteiger partial charge in [0.15, 0.2) is 0 Å². The summed E-state index contributed by atoms with van der Waals surface area (Å²) in [6.45, 7) is 6.98. The largest absolute Gasteiger partial charge is 0.465 e. The molecule has 0 aliphatic heterocycles. The zero-order chi connectivity index (χ0) is 16.2. The zero-order valence-electron chi connectivity index (χ0n) is 12.8. The fourth-order valence-electron chi connectivity index (χ4n) is 2.27. The SMILES string of the molecule is CCOC(=O)C(CN)NS(=O)(=O)c1c(C)cc(C)cc1C. The lowest BCUT2D eigenvalue weighted by Gasteiger charge is -2.18. The maximum absolute atomic E-state index is 12.5. The molecule has 0 spiro atoms. The molecule has 1 rings (SSSR count). The van der Waals surface area contributed by atoms with Crippen molar-refractivity contribution in [3.8, 4) is 0 Å². The molecule has 0 aromatic heterocycles. The van der Waals surface area contributed by atoms with Crippen LogP contribution in [-0.2, 0) is 19.6 Å². The Kier molecular flexibility index (Phi) is 5.88. The number of carbonyl (C=O) groups excluding carboxylic acids is 1. The van der Waals surface area contributed by atoms with Gasteiger partial charge in [-0.2, -0.15) is 4.72 Å². The molecule has 0 saturated carbocycles. The van der Waals surface area contributed by atoms with Crippen LogP contribution in [0.2, 0.25) is 0 Å².